The van der Waals surface area contributed by atoms with Gasteiger partial charge in [0.1, 0.15) is 11.1 Å². The summed E-state index contributed by atoms with van der Waals surface area (Å²) < 4.78 is 32.6. The standard InChI is InChI=1S/C26H40N4O7S/c1-24(2,3)26-14-9-15-30(26)20(31)19(37-23(27)34)11-8-6-4-5-7-10-17-16-25(17,28-22(26)33)21(32)29-38(35,36)18-12-13-18/h7,10,17-19H,4-6,8-9,11-16H2,1-3H3,(H2,27,34)(H,28,33)(H,29,32)/b10-7-. The number of hydrogen-bond acceptors (Lipinski definition) is 7. The molecule has 0 radical (unpaired) electrons. The molecule has 0 aromatic rings. The van der Waals surface area contributed by atoms with Gasteiger partial charge in [-0.05, 0) is 63.2 Å². The maximum absolute atomic E-state index is 14.2. The van der Waals surface area contributed by atoms with E-state index in [9.17, 15) is 27.6 Å². The van der Waals surface area contributed by atoms with E-state index in [1.165, 1.54) is 4.90 Å². The van der Waals surface area contributed by atoms with Gasteiger partial charge in [-0.25, -0.2) is 13.2 Å². The molecule has 12 heteroatoms. The van der Waals surface area contributed by atoms with Gasteiger partial charge in [0, 0.05) is 12.5 Å². The number of sulfonamides is 1. The first-order valence-electron chi connectivity index (χ1n) is 13.6. The molecule has 4 rings (SSSR count). The Morgan fingerprint density at radius 2 is 1.84 bits per heavy atom. The van der Waals surface area contributed by atoms with Crippen molar-refractivity contribution in [3.63, 3.8) is 0 Å². The van der Waals surface area contributed by atoms with Crippen LogP contribution in [0.25, 0.3) is 0 Å². The molecule has 4 atom stereocenters. The first kappa shape index (κ1) is 28.4. The molecule has 212 valence electrons. The summed E-state index contributed by atoms with van der Waals surface area (Å²) in [6, 6.07) is 0. The highest BCUT2D eigenvalue weighted by Crippen LogP contribution is 2.49. The second kappa shape index (κ2) is 10.2. The van der Waals surface area contributed by atoms with Crippen LogP contribution in [0, 0.1) is 11.3 Å². The van der Waals surface area contributed by atoms with Gasteiger partial charge in [-0.2, -0.15) is 0 Å². The average Bonchev–Trinajstić information content (AvgIpc) is 3.72. The van der Waals surface area contributed by atoms with Crippen molar-refractivity contribution >= 4 is 33.8 Å². The summed E-state index contributed by atoms with van der Waals surface area (Å²) in [7, 11) is -3.82. The second-order valence-corrected chi connectivity index (χ2v) is 14.1. The van der Waals surface area contributed by atoms with Crippen molar-refractivity contribution in [3.05, 3.63) is 12.2 Å². The van der Waals surface area contributed by atoms with Crippen molar-refractivity contribution in [3.8, 4) is 0 Å². The van der Waals surface area contributed by atoms with Crippen LogP contribution in [0.2, 0.25) is 0 Å². The van der Waals surface area contributed by atoms with Crippen LogP contribution in [-0.2, 0) is 29.1 Å². The van der Waals surface area contributed by atoms with Crippen molar-refractivity contribution in [2.45, 2.75) is 107 Å². The zero-order valence-electron chi connectivity index (χ0n) is 22.5. The van der Waals surface area contributed by atoms with Gasteiger partial charge in [0.25, 0.3) is 11.8 Å². The summed E-state index contributed by atoms with van der Waals surface area (Å²) in [5, 5.41) is 2.34. The lowest BCUT2D eigenvalue weighted by molar-refractivity contribution is -0.158. The molecule has 0 spiro atoms. The summed E-state index contributed by atoms with van der Waals surface area (Å²) >= 11 is 0. The van der Waals surface area contributed by atoms with E-state index < -0.39 is 61.7 Å². The highest BCUT2D eigenvalue weighted by atomic mass is 32.2. The summed E-state index contributed by atoms with van der Waals surface area (Å²) in [5.41, 5.74) is 1.76. The van der Waals surface area contributed by atoms with Gasteiger partial charge in [0.2, 0.25) is 15.9 Å². The summed E-state index contributed by atoms with van der Waals surface area (Å²) in [6.45, 7) is 5.83. The van der Waals surface area contributed by atoms with E-state index in [1.807, 2.05) is 32.9 Å². The van der Waals surface area contributed by atoms with Crippen LogP contribution in [0.15, 0.2) is 12.2 Å². The topological polar surface area (TPSA) is 165 Å². The van der Waals surface area contributed by atoms with E-state index in [-0.39, 0.29) is 25.3 Å². The van der Waals surface area contributed by atoms with Crippen LogP contribution in [0.1, 0.15) is 85.0 Å². The van der Waals surface area contributed by atoms with E-state index in [4.69, 9.17) is 10.5 Å². The molecule has 4 aliphatic rings. The Bertz CT molecular complexity index is 1130. The number of primary amides is 1. The minimum atomic E-state index is -3.82. The molecule has 2 saturated carbocycles. The highest BCUT2D eigenvalue weighted by molar-refractivity contribution is 7.91. The Balaban J connectivity index is 1.72. The van der Waals surface area contributed by atoms with E-state index in [2.05, 4.69) is 10.0 Å². The van der Waals surface area contributed by atoms with Gasteiger partial charge in [0.15, 0.2) is 6.10 Å². The van der Waals surface area contributed by atoms with Crippen LogP contribution in [-0.4, -0.2) is 66.1 Å². The lowest BCUT2D eigenvalue weighted by Gasteiger charge is -2.47. The third-order valence-corrected chi connectivity index (χ3v) is 10.3. The van der Waals surface area contributed by atoms with Crippen LogP contribution >= 0.6 is 0 Å². The Morgan fingerprint density at radius 3 is 2.47 bits per heavy atom. The number of fused-ring (bicyclic) bond motifs is 2. The van der Waals surface area contributed by atoms with Crippen molar-refractivity contribution in [1.82, 2.24) is 14.9 Å². The minimum absolute atomic E-state index is 0.267. The van der Waals surface area contributed by atoms with Gasteiger partial charge < -0.3 is 20.7 Å². The van der Waals surface area contributed by atoms with Crippen molar-refractivity contribution < 1.29 is 32.3 Å². The molecule has 1 saturated heterocycles. The molecule has 0 bridgehead atoms. The monoisotopic (exact) mass is 552 g/mol. The Hall–Kier alpha value is -2.63. The molecule has 2 heterocycles. The molecule has 2 aliphatic carbocycles. The maximum Gasteiger partial charge on any atom is 0.405 e. The first-order valence-corrected chi connectivity index (χ1v) is 15.1. The van der Waals surface area contributed by atoms with Crippen molar-refractivity contribution in [2.24, 2.45) is 17.1 Å². The number of rotatable bonds is 4. The number of amides is 4. The van der Waals surface area contributed by atoms with Crippen molar-refractivity contribution in [1.29, 1.82) is 0 Å². The SMILES string of the molecule is CC(C)(C)C12CCCN1C(=O)C(OC(N)=O)CCCCC/C=C\C1CC1(C(=O)NS(=O)(=O)C1CC1)NC2=O. The number of nitrogens with zero attached hydrogens (tertiary/aromatic N) is 1. The second-order valence-electron chi connectivity index (χ2n) is 12.1. The van der Waals surface area contributed by atoms with Gasteiger partial charge in [0.05, 0.1) is 5.25 Å². The number of nitrogens with one attached hydrogen (secondary N) is 2. The third-order valence-electron chi connectivity index (χ3n) is 8.46. The zero-order chi connectivity index (χ0) is 27.9. The lowest BCUT2D eigenvalue weighted by Crippen LogP contribution is -2.68. The molecular weight excluding hydrogens is 512 g/mol. The summed E-state index contributed by atoms with van der Waals surface area (Å²) in [5.74, 6) is -2.11. The van der Waals surface area contributed by atoms with E-state index >= 15 is 0 Å². The predicted molar refractivity (Wildman–Crippen MR) is 139 cm³/mol. The fourth-order valence-corrected chi connectivity index (χ4v) is 7.38. The number of carbonyl (C=O) groups is 4. The highest BCUT2D eigenvalue weighted by Gasteiger charge is 2.65. The number of hydrogen-bond donors (Lipinski definition) is 3. The maximum atomic E-state index is 14.2. The Morgan fingerprint density at radius 1 is 1.13 bits per heavy atom. The number of carbonyl (C=O) groups excluding carboxylic acids is 4. The molecule has 11 nitrogen and oxygen atoms in total. The molecule has 4 N–H and O–H groups in total. The molecule has 2 aliphatic heterocycles. The zero-order valence-corrected chi connectivity index (χ0v) is 23.3. The fraction of sp³-hybridized carbons (Fsp3) is 0.769. The van der Waals surface area contributed by atoms with Gasteiger partial charge in [-0.1, -0.05) is 39.3 Å². The van der Waals surface area contributed by atoms with Gasteiger partial charge >= 0.3 is 6.09 Å². The lowest BCUT2D eigenvalue weighted by atomic mass is 9.70. The molecule has 38 heavy (non-hydrogen) atoms. The van der Waals surface area contributed by atoms with Gasteiger partial charge in [-0.15, -0.1) is 0 Å². The molecule has 4 unspecified atom stereocenters. The number of allylic oxidation sites excluding steroid dienone is 1. The minimum Gasteiger partial charge on any atom is -0.436 e. The smallest absolute Gasteiger partial charge is 0.405 e. The fourth-order valence-electron chi connectivity index (χ4n) is 6.02. The van der Waals surface area contributed by atoms with E-state index in [0.29, 0.717) is 32.1 Å². The van der Waals surface area contributed by atoms with Crippen LogP contribution in [0.4, 0.5) is 4.79 Å². The average molecular weight is 553 g/mol. The van der Waals surface area contributed by atoms with Crippen molar-refractivity contribution in [2.75, 3.05) is 6.54 Å². The third kappa shape index (κ3) is 5.28. The quantitative estimate of drug-likeness (QED) is 0.448. The van der Waals surface area contributed by atoms with E-state index in [1.54, 1.807) is 0 Å². The Kier molecular flexibility index (Phi) is 7.59. The molecule has 4 amide bonds. The molecular formula is C26H40N4O7S. The predicted octanol–water partition coefficient (Wildman–Crippen LogP) is 1.86. The molecule has 0 aromatic heterocycles. The Labute approximate surface area is 224 Å². The normalized spacial score (nSPS) is 33.6. The largest absolute Gasteiger partial charge is 0.436 e. The number of ether oxygens (including phenoxy) is 1. The first-order chi connectivity index (χ1) is 17.7. The van der Waals surface area contributed by atoms with Crippen LogP contribution < -0.4 is 15.8 Å². The van der Waals surface area contributed by atoms with Gasteiger partial charge in [-0.3, -0.25) is 19.1 Å². The van der Waals surface area contributed by atoms with Crippen LogP contribution in [0.5, 0.6) is 0 Å². The van der Waals surface area contributed by atoms with E-state index in [0.717, 1.165) is 19.3 Å². The molecule has 0 aromatic carbocycles. The summed E-state index contributed by atoms with van der Waals surface area (Å²) in [6.07, 6.45) is 7.06. The number of nitrogens with two attached hydrogens (primary N) is 1. The molecule has 3 fully saturated rings. The summed E-state index contributed by atoms with van der Waals surface area (Å²) in [4.78, 5) is 54.6. The van der Waals surface area contributed by atoms with Crippen LogP contribution in [0.3, 0.4) is 0 Å².